The number of fused-ring (bicyclic) bond motifs is 1. The number of H-pyrrole nitrogens is 1. The minimum Gasteiger partial charge on any atom is -0.381 e. The van der Waals surface area contributed by atoms with Crippen molar-refractivity contribution < 1.29 is 9.53 Å². The zero-order valence-electron chi connectivity index (χ0n) is 17.3. The van der Waals surface area contributed by atoms with E-state index in [0.29, 0.717) is 22.9 Å². The van der Waals surface area contributed by atoms with E-state index < -0.39 is 0 Å². The summed E-state index contributed by atoms with van der Waals surface area (Å²) in [5.74, 6) is 0.263. The largest absolute Gasteiger partial charge is 0.381 e. The summed E-state index contributed by atoms with van der Waals surface area (Å²) in [5, 5.41) is 1.22. The van der Waals surface area contributed by atoms with Gasteiger partial charge in [0.25, 0.3) is 5.91 Å². The molecular weight excluding hydrogens is 527 g/mol. The molecule has 7 heteroatoms. The van der Waals surface area contributed by atoms with Crippen molar-refractivity contribution in [2.75, 3.05) is 20.3 Å². The van der Waals surface area contributed by atoms with Gasteiger partial charge in [-0.2, -0.15) is 0 Å². The van der Waals surface area contributed by atoms with Gasteiger partial charge in [-0.25, -0.2) is 0 Å². The van der Waals surface area contributed by atoms with E-state index in [1.54, 1.807) is 24.1 Å². The van der Waals surface area contributed by atoms with Gasteiger partial charge in [-0.05, 0) is 83.2 Å². The van der Waals surface area contributed by atoms with Crippen LogP contribution in [-0.4, -0.2) is 36.1 Å². The molecule has 162 valence electrons. The average molecular weight is 551 g/mol. The second-order valence-electron chi connectivity index (χ2n) is 8.08. The lowest BCUT2D eigenvalue weighted by molar-refractivity contribution is 0.0665. The Morgan fingerprint density at radius 2 is 1.90 bits per heavy atom. The Balaban J connectivity index is 1.61. The van der Waals surface area contributed by atoms with E-state index in [4.69, 9.17) is 16.3 Å². The van der Waals surface area contributed by atoms with Crippen LogP contribution in [0.5, 0.6) is 0 Å². The Morgan fingerprint density at radius 3 is 2.61 bits per heavy atom. The van der Waals surface area contributed by atoms with Crippen LogP contribution in [0.4, 0.5) is 0 Å². The molecule has 2 heterocycles. The van der Waals surface area contributed by atoms with Crippen LogP contribution >= 0.6 is 34.2 Å². The molecule has 1 saturated heterocycles. The number of nitrogens with one attached hydrogen (secondary N) is 1. The molecule has 4 rings (SSSR count). The lowest BCUT2D eigenvalue weighted by atomic mass is 9.92. The number of nitrogens with zero attached hydrogens (tertiary/aromatic N) is 1. The van der Waals surface area contributed by atoms with Crippen molar-refractivity contribution in [3.8, 4) is 0 Å². The van der Waals surface area contributed by atoms with Gasteiger partial charge < -0.3 is 14.6 Å². The predicted molar refractivity (Wildman–Crippen MR) is 132 cm³/mol. The first kappa shape index (κ1) is 22.3. The van der Waals surface area contributed by atoms with Gasteiger partial charge in [0.05, 0.1) is 5.52 Å². The highest BCUT2D eigenvalue weighted by molar-refractivity contribution is 14.1. The van der Waals surface area contributed by atoms with Crippen molar-refractivity contribution in [1.29, 1.82) is 0 Å². The van der Waals surface area contributed by atoms with Gasteiger partial charge >= 0.3 is 0 Å². The maximum Gasteiger partial charge on any atom is 0.259 e. The number of pyridine rings is 1. The Bertz CT molecular complexity index is 1150. The van der Waals surface area contributed by atoms with Crippen molar-refractivity contribution >= 4 is 51.0 Å². The second-order valence-corrected chi connectivity index (χ2v) is 9.68. The van der Waals surface area contributed by atoms with Crippen LogP contribution in [0.15, 0.2) is 47.4 Å². The van der Waals surface area contributed by atoms with Crippen molar-refractivity contribution in [3.63, 3.8) is 0 Å². The van der Waals surface area contributed by atoms with E-state index in [2.05, 4.69) is 33.6 Å². The molecule has 31 heavy (non-hydrogen) atoms. The highest BCUT2D eigenvalue weighted by Crippen LogP contribution is 2.25. The van der Waals surface area contributed by atoms with E-state index in [0.717, 1.165) is 52.7 Å². The van der Waals surface area contributed by atoms with Crippen molar-refractivity contribution in [2.45, 2.75) is 25.8 Å². The lowest BCUT2D eigenvalue weighted by Gasteiger charge is -2.22. The zero-order chi connectivity index (χ0) is 22.0. The molecule has 5 nitrogen and oxygen atoms in total. The number of hydrogen-bond acceptors (Lipinski definition) is 3. The van der Waals surface area contributed by atoms with E-state index >= 15 is 0 Å². The summed E-state index contributed by atoms with van der Waals surface area (Å²) in [5.41, 5.74) is 2.79. The number of halogens is 2. The normalized spacial score (nSPS) is 14.7. The summed E-state index contributed by atoms with van der Waals surface area (Å²) in [6, 6.07) is 11.4. The first-order chi connectivity index (χ1) is 14.9. The summed E-state index contributed by atoms with van der Waals surface area (Å²) in [4.78, 5) is 31.0. The first-order valence-electron chi connectivity index (χ1n) is 10.3. The van der Waals surface area contributed by atoms with Crippen molar-refractivity contribution in [1.82, 2.24) is 9.88 Å². The van der Waals surface area contributed by atoms with Gasteiger partial charge in [-0.15, -0.1) is 0 Å². The van der Waals surface area contributed by atoms with E-state index in [-0.39, 0.29) is 16.9 Å². The number of ether oxygens (including phenoxy) is 1. The third-order valence-corrected chi connectivity index (χ3v) is 6.88. The molecule has 0 unspecified atom stereocenters. The van der Waals surface area contributed by atoms with Crippen LogP contribution in [0, 0.1) is 9.49 Å². The van der Waals surface area contributed by atoms with Gasteiger partial charge in [0.2, 0.25) is 5.43 Å². The van der Waals surface area contributed by atoms with Gasteiger partial charge in [0.1, 0.15) is 5.56 Å². The monoisotopic (exact) mass is 550 g/mol. The molecule has 0 bridgehead atoms. The summed E-state index contributed by atoms with van der Waals surface area (Å²) < 4.78 is 6.45. The standard InChI is InChI=1S/C24H24ClIN2O3/c1-28(14-16-2-4-18(25)5-3-16)24(30)20-13-27-22-19(23(20)29)11-17(12-21(22)26)10-15-6-8-31-9-7-15/h2-5,11-13,15H,6-10,14H2,1H3,(H,27,29). The fraction of sp³-hybridized carbons (Fsp3) is 0.333. The van der Waals surface area contributed by atoms with E-state index in [1.165, 1.54) is 6.20 Å². The first-order valence-corrected chi connectivity index (χ1v) is 11.8. The van der Waals surface area contributed by atoms with Gasteiger partial charge in [-0.3, -0.25) is 9.59 Å². The summed E-state index contributed by atoms with van der Waals surface area (Å²) in [6.07, 6.45) is 4.53. The molecule has 2 aromatic carbocycles. The highest BCUT2D eigenvalue weighted by atomic mass is 127. The molecule has 1 aromatic heterocycles. The maximum absolute atomic E-state index is 13.3. The molecule has 0 aliphatic carbocycles. The Hall–Kier alpha value is -1.90. The van der Waals surface area contributed by atoms with E-state index in [1.807, 2.05) is 18.2 Å². The van der Waals surface area contributed by atoms with Crippen LogP contribution in [0.3, 0.4) is 0 Å². The molecule has 1 fully saturated rings. The number of rotatable bonds is 5. The third kappa shape index (κ3) is 5.13. The Kier molecular flexibility index (Phi) is 6.99. The number of aromatic nitrogens is 1. The lowest BCUT2D eigenvalue weighted by Crippen LogP contribution is -2.30. The Labute approximate surface area is 199 Å². The van der Waals surface area contributed by atoms with Gasteiger partial charge in [0, 0.05) is 47.0 Å². The SMILES string of the molecule is CN(Cc1ccc(Cl)cc1)C(=O)c1c[nH]c2c(I)cc(CC3CCOCC3)cc2c1=O. The highest BCUT2D eigenvalue weighted by Gasteiger charge is 2.20. The number of amides is 1. The number of carbonyl (C=O) groups is 1. The van der Waals surface area contributed by atoms with E-state index in [9.17, 15) is 9.59 Å². The molecule has 3 aromatic rings. The summed E-state index contributed by atoms with van der Waals surface area (Å²) in [7, 11) is 1.70. The fourth-order valence-corrected chi connectivity index (χ4v) is 5.02. The average Bonchev–Trinajstić information content (AvgIpc) is 2.76. The number of hydrogen-bond donors (Lipinski definition) is 1. The second kappa shape index (κ2) is 9.71. The van der Waals surface area contributed by atoms with Crippen LogP contribution in [0.1, 0.15) is 34.3 Å². The smallest absolute Gasteiger partial charge is 0.259 e. The molecule has 1 aliphatic rings. The maximum atomic E-state index is 13.3. The molecular formula is C24H24ClIN2O3. The van der Waals surface area contributed by atoms with Crippen LogP contribution in [-0.2, 0) is 17.7 Å². The number of aromatic amines is 1. The topological polar surface area (TPSA) is 62.4 Å². The quantitative estimate of drug-likeness (QED) is 0.454. The molecule has 0 atom stereocenters. The summed E-state index contributed by atoms with van der Waals surface area (Å²) >= 11 is 8.19. The summed E-state index contributed by atoms with van der Waals surface area (Å²) in [6.45, 7) is 2.00. The molecule has 0 saturated carbocycles. The van der Waals surface area contributed by atoms with Crippen molar-refractivity contribution in [3.05, 3.63) is 78.1 Å². The zero-order valence-corrected chi connectivity index (χ0v) is 20.2. The van der Waals surface area contributed by atoms with Crippen LogP contribution < -0.4 is 5.43 Å². The third-order valence-electron chi connectivity index (χ3n) is 5.78. The molecule has 1 aliphatic heterocycles. The minimum atomic E-state index is -0.303. The number of carbonyl (C=O) groups excluding carboxylic acids is 1. The molecule has 1 amide bonds. The predicted octanol–water partition coefficient (Wildman–Crippen LogP) is 5.03. The van der Waals surface area contributed by atoms with Crippen LogP contribution in [0.25, 0.3) is 10.9 Å². The molecule has 0 radical (unpaired) electrons. The van der Waals surface area contributed by atoms with Crippen molar-refractivity contribution in [2.24, 2.45) is 5.92 Å². The minimum absolute atomic E-state index is 0.156. The molecule has 1 N–H and O–H groups in total. The fourth-order valence-electron chi connectivity index (χ4n) is 4.05. The van der Waals surface area contributed by atoms with Gasteiger partial charge in [-0.1, -0.05) is 23.7 Å². The van der Waals surface area contributed by atoms with Crippen LogP contribution in [0.2, 0.25) is 5.02 Å². The number of benzene rings is 2. The molecule has 0 spiro atoms. The Morgan fingerprint density at radius 1 is 1.19 bits per heavy atom. The van der Waals surface area contributed by atoms with Gasteiger partial charge in [0.15, 0.2) is 0 Å².